The van der Waals surface area contributed by atoms with Gasteiger partial charge in [-0.15, -0.1) is 12.8 Å². The van der Waals surface area contributed by atoms with Crippen molar-refractivity contribution in [2.75, 3.05) is 13.2 Å². The maximum absolute atomic E-state index is 6.30. The second kappa shape index (κ2) is 11.6. The Labute approximate surface area is 247 Å². The highest BCUT2D eigenvalue weighted by molar-refractivity contribution is 5.95. The third kappa shape index (κ3) is 4.75. The van der Waals surface area contributed by atoms with Crippen LogP contribution in [0.15, 0.2) is 127 Å². The van der Waals surface area contributed by atoms with Gasteiger partial charge in [-0.2, -0.15) is 0 Å². The maximum Gasteiger partial charge on any atom is 0.148 e. The van der Waals surface area contributed by atoms with Crippen LogP contribution in [0.4, 0.5) is 0 Å². The molecule has 0 saturated heterocycles. The molecule has 0 aliphatic rings. The Morgan fingerprint density at radius 3 is 1.48 bits per heavy atom. The molecule has 0 fully saturated rings. The van der Waals surface area contributed by atoms with Gasteiger partial charge in [0.1, 0.15) is 24.7 Å². The van der Waals surface area contributed by atoms with E-state index in [4.69, 9.17) is 22.3 Å². The fourth-order valence-electron chi connectivity index (χ4n) is 6.05. The first-order valence-corrected chi connectivity index (χ1v) is 14.0. The lowest BCUT2D eigenvalue weighted by Crippen LogP contribution is -2.28. The Bertz CT molecular complexity index is 1850. The summed E-state index contributed by atoms with van der Waals surface area (Å²) in [6, 6.07) is 44.2. The maximum atomic E-state index is 6.30. The molecule has 6 aromatic rings. The van der Waals surface area contributed by atoms with Gasteiger partial charge in [0.05, 0.1) is 5.41 Å². The van der Waals surface area contributed by atoms with E-state index in [1.165, 1.54) is 0 Å². The molecule has 0 radical (unpaired) electrons. The molecule has 2 nitrogen and oxygen atoms in total. The first-order valence-electron chi connectivity index (χ1n) is 14.0. The summed E-state index contributed by atoms with van der Waals surface area (Å²) in [6.45, 7) is 2.56. The minimum Gasteiger partial charge on any atom is -0.481 e. The first kappa shape index (κ1) is 26.8. The van der Waals surface area contributed by atoms with Gasteiger partial charge in [-0.25, -0.2) is 0 Å². The van der Waals surface area contributed by atoms with Crippen molar-refractivity contribution >= 4 is 21.5 Å². The highest BCUT2D eigenvalue weighted by atomic mass is 16.5. The molecule has 0 aromatic heterocycles. The average Bonchev–Trinajstić information content (AvgIpc) is 3.06. The highest BCUT2D eigenvalue weighted by Crippen LogP contribution is 2.51. The van der Waals surface area contributed by atoms with Crippen LogP contribution in [0.25, 0.3) is 32.7 Å². The molecule has 0 aliphatic heterocycles. The third-order valence-corrected chi connectivity index (χ3v) is 7.97. The van der Waals surface area contributed by atoms with Gasteiger partial charge < -0.3 is 9.47 Å². The van der Waals surface area contributed by atoms with Gasteiger partial charge in [-0.3, -0.25) is 0 Å². The molecule has 0 heterocycles. The summed E-state index contributed by atoms with van der Waals surface area (Å²) in [5.41, 5.74) is 4.70. The molecule has 0 aliphatic carbocycles. The Morgan fingerprint density at radius 2 is 0.976 bits per heavy atom. The zero-order chi connectivity index (χ0) is 28.9. The van der Waals surface area contributed by atoms with Crippen LogP contribution in [0.2, 0.25) is 0 Å². The van der Waals surface area contributed by atoms with Crippen molar-refractivity contribution in [3.63, 3.8) is 0 Å². The van der Waals surface area contributed by atoms with Gasteiger partial charge in [-0.1, -0.05) is 127 Å². The SMILES string of the molecule is C#CCOc1ccc2ccccc2c1C(C)(c1ccc(-c2ccccc2)cc1)c1c(OCC#C)ccc2ccccc12. The number of hydrogen-bond acceptors (Lipinski definition) is 2. The molecule has 6 rings (SSSR count). The van der Waals surface area contributed by atoms with E-state index in [0.29, 0.717) is 0 Å². The Hall–Kier alpha value is -5.44. The van der Waals surface area contributed by atoms with Crippen LogP contribution in [0.5, 0.6) is 11.5 Å². The Balaban J connectivity index is 1.73. The van der Waals surface area contributed by atoms with Gasteiger partial charge in [0.25, 0.3) is 0 Å². The summed E-state index contributed by atoms with van der Waals surface area (Å²) >= 11 is 0. The highest BCUT2D eigenvalue weighted by Gasteiger charge is 2.39. The fraction of sp³-hybridized carbons (Fsp3) is 0.100. The second-order valence-electron chi connectivity index (χ2n) is 10.4. The van der Waals surface area contributed by atoms with Crippen LogP contribution >= 0.6 is 0 Å². The van der Waals surface area contributed by atoms with Gasteiger partial charge in [0.2, 0.25) is 0 Å². The first-order chi connectivity index (χ1) is 20.6. The lowest BCUT2D eigenvalue weighted by Gasteiger charge is -2.36. The van der Waals surface area contributed by atoms with E-state index in [2.05, 4.69) is 128 Å². The van der Waals surface area contributed by atoms with Crippen molar-refractivity contribution in [3.05, 3.63) is 144 Å². The molecule has 0 N–H and O–H groups in total. The summed E-state index contributed by atoms with van der Waals surface area (Å²) in [5, 5.41) is 4.38. The van der Waals surface area contributed by atoms with Crippen LogP contribution < -0.4 is 9.47 Å². The smallest absolute Gasteiger partial charge is 0.148 e. The van der Waals surface area contributed by atoms with Crippen molar-refractivity contribution in [1.29, 1.82) is 0 Å². The summed E-state index contributed by atoms with van der Waals surface area (Å²) in [6.07, 6.45) is 11.4. The van der Waals surface area contributed by atoms with E-state index in [1.54, 1.807) is 0 Å². The molecule has 202 valence electrons. The molecular formula is C40H30O2. The molecule has 0 unspecified atom stereocenters. The van der Waals surface area contributed by atoms with E-state index in [1.807, 2.05) is 18.2 Å². The predicted molar refractivity (Wildman–Crippen MR) is 174 cm³/mol. The van der Waals surface area contributed by atoms with E-state index in [0.717, 1.165) is 60.9 Å². The van der Waals surface area contributed by atoms with Crippen LogP contribution in [0.3, 0.4) is 0 Å². The van der Waals surface area contributed by atoms with E-state index in [-0.39, 0.29) is 13.2 Å². The number of rotatable bonds is 8. The van der Waals surface area contributed by atoms with Crippen LogP contribution in [-0.2, 0) is 5.41 Å². The summed E-state index contributed by atoms with van der Waals surface area (Å²) < 4.78 is 12.6. The summed E-state index contributed by atoms with van der Waals surface area (Å²) in [4.78, 5) is 0. The quantitative estimate of drug-likeness (QED) is 0.141. The van der Waals surface area contributed by atoms with Gasteiger partial charge in [0.15, 0.2) is 0 Å². The van der Waals surface area contributed by atoms with Gasteiger partial charge >= 0.3 is 0 Å². The predicted octanol–water partition coefficient (Wildman–Crippen LogP) is 9.04. The van der Waals surface area contributed by atoms with Crippen molar-refractivity contribution in [2.45, 2.75) is 12.3 Å². The minimum atomic E-state index is -0.731. The molecule has 6 aromatic carbocycles. The minimum absolute atomic E-state index is 0.157. The summed E-state index contributed by atoms with van der Waals surface area (Å²) in [7, 11) is 0. The summed E-state index contributed by atoms with van der Waals surface area (Å²) in [5.74, 6) is 6.76. The van der Waals surface area contributed by atoms with E-state index in [9.17, 15) is 0 Å². The van der Waals surface area contributed by atoms with Crippen molar-refractivity contribution in [3.8, 4) is 47.3 Å². The Kier molecular flexibility index (Phi) is 7.38. The molecule has 0 bridgehead atoms. The monoisotopic (exact) mass is 542 g/mol. The van der Waals surface area contributed by atoms with Crippen LogP contribution in [-0.4, -0.2) is 13.2 Å². The van der Waals surface area contributed by atoms with Gasteiger partial charge in [-0.05, 0) is 57.3 Å². The number of ether oxygens (including phenoxy) is 2. The zero-order valence-electron chi connectivity index (χ0n) is 23.5. The van der Waals surface area contributed by atoms with E-state index < -0.39 is 5.41 Å². The van der Waals surface area contributed by atoms with E-state index >= 15 is 0 Å². The zero-order valence-corrected chi connectivity index (χ0v) is 23.5. The number of terminal acetylenes is 2. The average molecular weight is 543 g/mol. The number of benzene rings is 6. The molecule has 0 saturated carbocycles. The Morgan fingerprint density at radius 1 is 0.524 bits per heavy atom. The van der Waals surface area contributed by atoms with Crippen molar-refractivity contribution < 1.29 is 9.47 Å². The number of fused-ring (bicyclic) bond motifs is 2. The van der Waals surface area contributed by atoms with Crippen molar-refractivity contribution in [2.24, 2.45) is 0 Å². The van der Waals surface area contributed by atoms with Crippen LogP contribution in [0.1, 0.15) is 23.6 Å². The fourth-order valence-corrected chi connectivity index (χ4v) is 6.05. The molecule has 2 heteroatoms. The normalized spacial score (nSPS) is 11.1. The molecule has 0 amide bonds. The third-order valence-electron chi connectivity index (χ3n) is 7.97. The standard InChI is InChI=1S/C40H30O2/c1-4-27-41-36-25-21-31-15-9-11-17-34(31)38(36)40(3,33-23-19-30(20-24-33)29-13-7-6-8-14-29)39-35-18-12-10-16-32(35)22-26-37(39)42-28-5-2/h1-2,6-26H,27-28H2,3H3. The molecule has 42 heavy (non-hydrogen) atoms. The molecule has 0 atom stereocenters. The topological polar surface area (TPSA) is 18.5 Å². The van der Waals surface area contributed by atoms with Gasteiger partial charge in [0, 0.05) is 11.1 Å². The van der Waals surface area contributed by atoms with Crippen LogP contribution in [0, 0.1) is 24.7 Å². The largest absolute Gasteiger partial charge is 0.481 e. The molecule has 0 spiro atoms. The second-order valence-corrected chi connectivity index (χ2v) is 10.4. The number of hydrogen-bond donors (Lipinski definition) is 0. The lowest BCUT2D eigenvalue weighted by molar-refractivity contribution is 0.354. The molecular weight excluding hydrogens is 512 g/mol. The lowest BCUT2D eigenvalue weighted by atomic mass is 9.67. The van der Waals surface area contributed by atoms with Crippen molar-refractivity contribution in [1.82, 2.24) is 0 Å².